The summed E-state index contributed by atoms with van der Waals surface area (Å²) in [5.74, 6) is 9.07. The summed E-state index contributed by atoms with van der Waals surface area (Å²) in [5.41, 5.74) is 0. The van der Waals surface area contributed by atoms with Crippen LogP contribution in [0.1, 0.15) is 96.3 Å². The second kappa shape index (κ2) is 7.63. The van der Waals surface area contributed by atoms with Crippen molar-refractivity contribution in [2.24, 2.45) is 47.3 Å². The summed E-state index contributed by atoms with van der Waals surface area (Å²) in [4.78, 5) is 0. The summed E-state index contributed by atoms with van der Waals surface area (Å²) >= 11 is 2.73. The fourth-order valence-electron chi connectivity index (χ4n) is 8.53. The zero-order valence-electron chi connectivity index (χ0n) is 16.2. The van der Waals surface area contributed by atoms with Gasteiger partial charge >= 0.3 is 0 Å². The third-order valence-electron chi connectivity index (χ3n) is 9.76. The van der Waals surface area contributed by atoms with Crippen molar-refractivity contribution in [3.05, 3.63) is 0 Å². The molecule has 0 aromatic carbocycles. The Morgan fingerprint density at radius 2 is 0.920 bits per heavy atom. The fraction of sp³-hybridized carbons (Fsp3) is 1.00. The highest BCUT2D eigenvalue weighted by atomic mass is 127. The topological polar surface area (TPSA) is 0 Å². The molecule has 0 heterocycles. The minimum atomic E-state index is 0.997. The van der Waals surface area contributed by atoms with Crippen molar-refractivity contribution in [3.8, 4) is 0 Å². The average Bonchev–Trinajstić information content (AvgIpc) is 2.67. The highest BCUT2D eigenvalue weighted by Gasteiger charge is 2.45. The molecule has 8 unspecified atom stereocenters. The Morgan fingerprint density at radius 1 is 0.400 bits per heavy atom. The van der Waals surface area contributed by atoms with E-state index in [-0.39, 0.29) is 0 Å². The van der Waals surface area contributed by atoms with Crippen LogP contribution in [0.3, 0.4) is 0 Å². The number of alkyl halides is 1. The molecule has 25 heavy (non-hydrogen) atoms. The Morgan fingerprint density at radius 3 is 1.76 bits per heavy atom. The monoisotopic (exact) mass is 454 g/mol. The third-order valence-corrected chi connectivity index (χ3v) is 10.9. The molecule has 142 valence electrons. The molecule has 5 fully saturated rings. The van der Waals surface area contributed by atoms with E-state index in [0.29, 0.717) is 0 Å². The van der Waals surface area contributed by atoms with E-state index in [1.54, 1.807) is 89.9 Å². The first-order valence-electron chi connectivity index (χ1n) is 11.9. The van der Waals surface area contributed by atoms with Gasteiger partial charge in [-0.3, -0.25) is 0 Å². The Balaban J connectivity index is 1.20. The summed E-state index contributed by atoms with van der Waals surface area (Å²) in [6, 6.07) is 0. The summed E-state index contributed by atoms with van der Waals surface area (Å²) in [6.45, 7) is 0. The molecule has 9 atom stereocenters. The Labute approximate surface area is 169 Å². The molecule has 0 aromatic rings. The van der Waals surface area contributed by atoms with E-state index in [0.717, 1.165) is 51.3 Å². The molecule has 0 bridgehead atoms. The van der Waals surface area contributed by atoms with Crippen LogP contribution >= 0.6 is 22.6 Å². The van der Waals surface area contributed by atoms with E-state index < -0.39 is 0 Å². The van der Waals surface area contributed by atoms with Gasteiger partial charge in [0.1, 0.15) is 0 Å². The largest absolute Gasteiger partial charge is 0.0826 e. The van der Waals surface area contributed by atoms with E-state index in [9.17, 15) is 0 Å². The molecule has 0 radical (unpaired) electrons. The van der Waals surface area contributed by atoms with Gasteiger partial charge < -0.3 is 0 Å². The normalized spacial score (nSPS) is 53.4. The first kappa shape index (κ1) is 17.8. The van der Waals surface area contributed by atoms with Gasteiger partial charge in [-0.1, -0.05) is 41.9 Å². The maximum atomic E-state index is 2.73. The summed E-state index contributed by atoms with van der Waals surface area (Å²) in [5, 5.41) is 0. The lowest BCUT2D eigenvalue weighted by atomic mass is 9.54. The van der Waals surface area contributed by atoms with Gasteiger partial charge in [-0.15, -0.1) is 0 Å². The molecule has 5 aliphatic rings. The van der Waals surface area contributed by atoms with Gasteiger partial charge in [0.15, 0.2) is 0 Å². The number of halogens is 1. The summed E-state index contributed by atoms with van der Waals surface area (Å²) < 4.78 is 0.997. The minimum Gasteiger partial charge on any atom is -0.0826 e. The third kappa shape index (κ3) is 3.58. The molecule has 0 spiro atoms. The number of fused-ring (bicyclic) bond motifs is 4. The minimum absolute atomic E-state index is 0.997. The second-order valence-corrected chi connectivity index (χ2v) is 12.5. The Kier molecular flexibility index (Phi) is 5.43. The van der Waals surface area contributed by atoms with Crippen LogP contribution in [0.15, 0.2) is 0 Å². The fourth-order valence-corrected chi connectivity index (χ4v) is 9.54. The van der Waals surface area contributed by atoms with Crippen molar-refractivity contribution in [2.45, 2.75) is 100 Å². The lowest BCUT2D eigenvalue weighted by molar-refractivity contribution is -0.0107. The van der Waals surface area contributed by atoms with Crippen LogP contribution in [0.5, 0.6) is 0 Å². The quantitative estimate of drug-likeness (QED) is 0.282. The van der Waals surface area contributed by atoms with Crippen LogP contribution in [0.2, 0.25) is 0 Å². The van der Waals surface area contributed by atoms with Crippen molar-refractivity contribution in [1.82, 2.24) is 0 Å². The standard InChI is InChI=1S/C24H39I/c25-22-11-9-18-13-17(6-7-20(18)15-22)19-10-12-24-21(14-19)8-5-16-3-1-2-4-23(16)24/h16-24H,1-15H2/t16?,17?,18-,19?,20?,21?,22?,23?,24?/m0/s1. The molecular formula is C24H39I. The van der Waals surface area contributed by atoms with Gasteiger partial charge in [-0.05, 0) is 124 Å². The first-order valence-corrected chi connectivity index (χ1v) is 13.2. The Hall–Kier alpha value is 0.730. The van der Waals surface area contributed by atoms with Crippen LogP contribution in [-0.4, -0.2) is 3.92 Å². The summed E-state index contributed by atoms with van der Waals surface area (Å²) in [7, 11) is 0. The Bertz CT molecular complexity index is 459. The van der Waals surface area contributed by atoms with Crippen LogP contribution in [0, 0.1) is 47.3 Å². The lowest BCUT2D eigenvalue weighted by Crippen LogP contribution is -2.42. The maximum absolute atomic E-state index is 2.73. The highest BCUT2D eigenvalue weighted by Crippen LogP contribution is 2.55. The van der Waals surface area contributed by atoms with E-state index in [2.05, 4.69) is 22.6 Å². The van der Waals surface area contributed by atoms with E-state index in [1.165, 1.54) is 6.42 Å². The first-order chi connectivity index (χ1) is 12.3. The molecule has 5 saturated carbocycles. The van der Waals surface area contributed by atoms with Crippen molar-refractivity contribution in [2.75, 3.05) is 0 Å². The SMILES string of the molecule is IC1CC[C@H]2CC(C3CCC4C(CCC5CCCCC54)C3)CCC2C1. The predicted molar refractivity (Wildman–Crippen MR) is 115 cm³/mol. The van der Waals surface area contributed by atoms with Crippen LogP contribution in [-0.2, 0) is 0 Å². The lowest BCUT2D eigenvalue weighted by Gasteiger charge is -2.51. The molecule has 0 amide bonds. The van der Waals surface area contributed by atoms with Crippen molar-refractivity contribution in [3.63, 3.8) is 0 Å². The molecule has 0 aliphatic heterocycles. The maximum Gasteiger partial charge on any atom is 0.0112 e. The van der Waals surface area contributed by atoms with Crippen LogP contribution in [0.25, 0.3) is 0 Å². The molecule has 5 rings (SSSR count). The molecule has 0 saturated heterocycles. The number of hydrogen-bond donors (Lipinski definition) is 0. The van der Waals surface area contributed by atoms with Gasteiger partial charge in [-0.2, -0.15) is 0 Å². The second-order valence-electron chi connectivity index (χ2n) is 10.8. The van der Waals surface area contributed by atoms with Crippen LogP contribution in [0.4, 0.5) is 0 Å². The molecule has 1 heteroatoms. The molecule has 0 N–H and O–H groups in total. The van der Waals surface area contributed by atoms with Crippen molar-refractivity contribution < 1.29 is 0 Å². The van der Waals surface area contributed by atoms with E-state index >= 15 is 0 Å². The number of hydrogen-bond acceptors (Lipinski definition) is 0. The predicted octanol–water partition coefficient (Wildman–Crippen LogP) is 7.64. The van der Waals surface area contributed by atoms with Crippen LogP contribution < -0.4 is 0 Å². The molecule has 0 aromatic heterocycles. The van der Waals surface area contributed by atoms with Gasteiger partial charge in [-0.25, -0.2) is 0 Å². The molecule has 0 nitrogen and oxygen atoms in total. The van der Waals surface area contributed by atoms with E-state index in [1.807, 2.05) is 0 Å². The zero-order valence-corrected chi connectivity index (χ0v) is 18.3. The average molecular weight is 454 g/mol. The molecular weight excluding hydrogens is 415 g/mol. The smallest absolute Gasteiger partial charge is 0.0112 e. The van der Waals surface area contributed by atoms with Crippen molar-refractivity contribution >= 4 is 22.6 Å². The highest BCUT2D eigenvalue weighted by molar-refractivity contribution is 14.1. The van der Waals surface area contributed by atoms with Gasteiger partial charge in [0.2, 0.25) is 0 Å². The van der Waals surface area contributed by atoms with Gasteiger partial charge in [0.05, 0.1) is 0 Å². The number of rotatable bonds is 1. The van der Waals surface area contributed by atoms with Crippen molar-refractivity contribution in [1.29, 1.82) is 0 Å². The van der Waals surface area contributed by atoms with Gasteiger partial charge in [0, 0.05) is 3.92 Å². The van der Waals surface area contributed by atoms with Gasteiger partial charge in [0.25, 0.3) is 0 Å². The molecule has 5 aliphatic carbocycles. The van der Waals surface area contributed by atoms with E-state index in [4.69, 9.17) is 0 Å². The summed E-state index contributed by atoms with van der Waals surface area (Å²) in [6.07, 6.45) is 23.8. The zero-order chi connectivity index (χ0) is 16.8.